The first-order valence-electron chi connectivity index (χ1n) is 12.2. The Bertz CT molecular complexity index is 195. The fourth-order valence-corrected chi connectivity index (χ4v) is 20.2. The zero-order valence-electron chi connectivity index (χ0n) is 18.6. The van der Waals surface area contributed by atoms with Crippen molar-refractivity contribution < 1.29 is 0 Å². The molecule has 0 aliphatic rings. The summed E-state index contributed by atoms with van der Waals surface area (Å²) >= 11 is -1.86. The molecular formula is C24H53Sb. The SMILES string of the molecule is CCCCC[CH2][SbH]([CH2]CCCCC)([CH2]CCCCC)[CH2]CCCCC. The van der Waals surface area contributed by atoms with E-state index in [9.17, 15) is 0 Å². The molecule has 0 aliphatic heterocycles. The average Bonchev–Trinajstić information content (AvgIpc) is 2.63. The molecule has 154 valence electrons. The molecule has 0 N–H and O–H groups in total. The molecule has 0 atom stereocenters. The second-order valence-electron chi connectivity index (χ2n) is 8.74. The summed E-state index contributed by atoms with van der Waals surface area (Å²) in [5.41, 5.74) is 0. The molecule has 0 aliphatic carbocycles. The van der Waals surface area contributed by atoms with Crippen molar-refractivity contribution in [3.8, 4) is 0 Å². The number of rotatable bonds is 20. The first-order chi connectivity index (χ1) is 12.2. The second-order valence-corrected chi connectivity index (χ2v) is 23.0. The molecule has 25 heavy (non-hydrogen) atoms. The minimum atomic E-state index is -1.86. The van der Waals surface area contributed by atoms with Crippen molar-refractivity contribution in [2.24, 2.45) is 0 Å². The van der Waals surface area contributed by atoms with Gasteiger partial charge in [-0.05, 0) is 0 Å². The van der Waals surface area contributed by atoms with Crippen molar-refractivity contribution in [1.82, 2.24) is 0 Å². The zero-order valence-corrected chi connectivity index (χ0v) is 21.5. The van der Waals surface area contributed by atoms with Gasteiger partial charge in [0.1, 0.15) is 0 Å². The molecule has 1 heteroatoms. The van der Waals surface area contributed by atoms with Gasteiger partial charge >= 0.3 is 167 Å². The maximum atomic E-state index is 2.36. The van der Waals surface area contributed by atoms with Crippen LogP contribution in [-0.2, 0) is 0 Å². The number of unbranched alkanes of at least 4 members (excludes halogenated alkanes) is 12. The van der Waals surface area contributed by atoms with Crippen LogP contribution in [0.1, 0.15) is 130 Å². The summed E-state index contributed by atoms with van der Waals surface area (Å²) in [7, 11) is 0. The van der Waals surface area contributed by atoms with Gasteiger partial charge in [-0.3, -0.25) is 0 Å². The molecule has 0 rings (SSSR count). The van der Waals surface area contributed by atoms with Crippen molar-refractivity contribution >= 4 is 18.8 Å². The van der Waals surface area contributed by atoms with E-state index in [4.69, 9.17) is 0 Å². The first-order valence-corrected chi connectivity index (χ1v) is 20.3. The standard InChI is InChI=1S/4C6H13.Sb.H/c4*1-3-5-6-4-2;;/h4*1,3-6H2,2H3;;. The van der Waals surface area contributed by atoms with Gasteiger partial charge in [0.05, 0.1) is 0 Å². The van der Waals surface area contributed by atoms with Crippen molar-refractivity contribution in [3.63, 3.8) is 0 Å². The summed E-state index contributed by atoms with van der Waals surface area (Å²) in [6.07, 6.45) is 23.9. The molecule has 0 radical (unpaired) electrons. The second kappa shape index (κ2) is 19.6. The molecule has 0 aromatic heterocycles. The van der Waals surface area contributed by atoms with Crippen molar-refractivity contribution in [2.45, 2.75) is 148 Å². The van der Waals surface area contributed by atoms with Crippen LogP contribution >= 0.6 is 0 Å². The van der Waals surface area contributed by atoms with Gasteiger partial charge in [-0.15, -0.1) is 0 Å². The number of hydrogen-bond acceptors (Lipinski definition) is 0. The van der Waals surface area contributed by atoms with Crippen molar-refractivity contribution in [1.29, 1.82) is 0 Å². The molecule has 0 aromatic carbocycles. The van der Waals surface area contributed by atoms with E-state index in [1.54, 1.807) is 43.2 Å². The van der Waals surface area contributed by atoms with Crippen molar-refractivity contribution in [2.75, 3.05) is 0 Å². The van der Waals surface area contributed by atoms with Gasteiger partial charge in [0.25, 0.3) is 0 Å². The monoisotopic (exact) mass is 462 g/mol. The first kappa shape index (κ1) is 25.8. The number of hydrogen-bond donors (Lipinski definition) is 0. The normalized spacial score (nSPS) is 12.6. The van der Waals surface area contributed by atoms with Gasteiger partial charge in [-0.1, -0.05) is 0 Å². The Morgan fingerprint density at radius 2 is 0.560 bits per heavy atom. The van der Waals surface area contributed by atoms with E-state index in [0.29, 0.717) is 0 Å². The van der Waals surface area contributed by atoms with Crippen LogP contribution in [0.4, 0.5) is 0 Å². The summed E-state index contributed by atoms with van der Waals surface area (Å²) in [5.74, 6) is 0. The van der Waals surface area contributed by atoms with E-state index in [0.717, 1.165) is 0 Å². The third-order valence-electron chi connectivity index (χ3n) is 6.24. The summed E-state index contributed by atoms with van der Waals surface area (Å²) in [5, 5.41) is 0. The van der Waals surface area contributed by atoms with Crippen LogP contribution in [0.25, 0.3) is 0 Å². The van der Waals surface area contributed by atoms with Crippen LogP contribution in [0.3, 0.4) is 0 Å². The molecule has 0 unspecified atom stereocenters. The summed E-state index contributed by atoms with van der Waals surface area (Å²) in [6, 6.07) is 0. The van der Waals surface area contributed by atoms with Gasteiger partial charge in [0.2, 0.25) is 0 Å². The van der Waals surface area contributed by atoms with E-state index in [1.807, 2.05) is 0 Å². The van der Waals surface area contributed by atoms with Crippen LogP contribution in [0, 0.1) is 0 Å². The Labute approximate surface area is 166 Å². The average molecular weight is 463 g/mol. The summed E-state index contributed by atoms with van der Waals surface area (Å²) in [4.78, 5) is 0. The van der Waals surface area contributed by atoms with Gasteiger partial charge in [0.15, 0.2) is 0 Å². The minimum absolute atomic E-state index is 1.39. The Hall–Kier alpha value is 0.818. The van der Waals surface area contributed by atoms with E-state index < -0.39 is 18.8 Å². The zero-order chi connectivity index (χ0) is 18.6. The quantitative estimate of drug-likeness (QED) is 0.125. The van der Waals surface area contributed by atoms with Crippen LogP contribution in [-0.4, -0.2) is 18.8 Å². The van der Waals surface area contributed by atoms with Gasteiger partial charge in [-0.25, -0.2) is 0 Å². The maximum absolute atomic E-state index is 2.36. The topological polar surface area (TPSA) is 0 Å². The molecular weight excluding hydrogens is 410 g/mol. The van der Waals surface area contributed by atoms with Gasteiger partial charge in [-0.2, -0.15) is 0 Å². The Kier molecular flexibility index (Phi) is 20.2. The van der Waals surface area contributed by atoms with E-state index in [-0.39, 0.29) is 0 Å². The molecule has 0 saturated heterocycles. The Morgan fingerprint density at radius 3 is 0.760 bits per heavy atom. The fraction of sp³-hybridized carbons (Fsp3) is 1.00. The van der Waals surface area contributed by atoms with E-state index in [2.05, 4.69) is 27.7 Å². The third-order valence-corrected chi connectivity index (χ3v) is 22.4. The van der Waals surface area contributed by atoms with E-state index >= 15 is 0 Å². The Morgan fingerprint density at radius 1 is 0.320 bits per heavy atom. The molecule has 0 amide bonds. The van der Waals surface area contributed by atoms with Gasteiger partial charge < -0.3 is 0 Å². The third kappa shape index (κ3) is 15.6. The van der Waals surface area contributed by atoms with Crippen LogP contribution < -0.4 is 0 Å². The molecule has 0 nitrogen and oxygen atoms in total. The van der Waals surface area contributed by atoms with Crippen LogP contribution in [0.2, 0.25) is 17.5 Å². The van der Waals surface area contributed by atoms with Crippen molar-refractivity contribution in [3.05, 3.63) is 0 Å². The van der Waals surface area contributed by atoms with Gasteiger partial charge in [0, 0.05) is 0 Å². The molecule has 0 heterocycles. The molecule has 0 saturated carbocycles. The predicted octanol–water partition coefficient (Wildman–Crippen LogP) is 9.49. The van der Waals surface area contributed by atoms with Crippen LogP contribution in [0.15, 0.2) is 0 Å². The molecule has 0 bridgehead atoms. The Balaban J connectivity index is 4.62. The fourth-order valence-electron chi connectivity index (χ4n) is 4.46. The summed E-state index contributed by atoms with van der Waals surface area (Å²) in [6.45, 7) is 9.43. The van der Waals surface area contributed by atoms with Crippen LogP contribution in [0.5, 0.6) is 0 Å². The molecule has 0 fully saturated rings. The predicted molar refractivity (Wildman–Crippen MR) is 123 cm³/mol. The van der Waals surface area contributed by atoms with E-state index in [1.165, 1.54) is 77.0 Å². The summed E-state index contributed by atoms with van der Waals surface area (Å²) < 4.78 is 6.94. The molecule has 0 aromatic rings. The molecule has 0 spiro atoms.